The average Bonchev–Trinajstić information content (AvgIpc) is 3.24. The number of hydrogen-bond donors (Lipinski definition) is 2. The maximum atomic E-state index is 12.6. The smallest absolute Gasteiger partial charge is 0.227 e. The summed E-state index contributed by atoms with van der Waals surface area (Å²) in [5.74, 6) is 1.01. The fourth-order valence-corrected chi connectivity index (χ4v) is 3.31. The van der Waals surface area contributed by atoms with Gasteiger partial charge in [-0.05, 0) is 42.7 Å². The fourth-order valence-electron chi connectivity index (χ4n) is 3.31. The van der Waals surface area contributed by atoms with Crippen molar-refractivity contribution in [3.8, 4) is 11.3 Å². The highest BCUT2D eigenvalue weighted by molar-refractivity contribution is 5.93. The van der Waals surface area contributed by atoms with Crippen molar-refractivity contribution in [1.82, 2.24) is 15.0 Å². The summed E-state index contributed by atoms with van der Waals surface area (Å²) in [6.07, 6.45) is 8.69. The van der Waals surface area contributed by atoms with Crippen LogP contribution in [0.4, 0.5) is 11.5 Å². The second-order valence-corrected chi connectivity index (χ2v) is 6.48. The summed E-state index contributed by atoms with van der Waals surface area (Å²) in [6.45, 7) is 1.64. The molecule has 0 radical (unpaired) electrons. The monoisotopic (exact) mass is 347 g/mol. The first-order chi connectivity index (χ1) is 12.8. The quantitative estimate of drug-likeness (QED) is 0.759. The molecule has 1 saturated heterocycles. The van der Waals surface area contributed by atoms with Crippen LogP contribution in [0.1, 0.15) is 12.8 Å². The topological polar surface area (TPSA) is 73.9 Å². The zero-order chi connectivity index (χ0) is 17.8. The van der Waals surface area contributed by atoms with E-state index in [2.05, 4.69) is 25.2 Å². The first kappa shape index (κ1) is 16.3. The zero-order valence-electron chi connectivity index (χ0n) is 14.4. The van der Waals surface area contributed by atoms with Crippen LogP contribution in [0.25, 0.3) is 11.3 Å². The molecule has 2 N–H and O–H groups in total. The number of H-pyrrole nitrogens is 1. The van der Waals surface area contributed by atoms with E-state index in [-0.39, 0.29) is 11.8 Å². The van der Waals surface area contributed by atoms with Gasteiger partial charge >= 0.3 is 0 Å². The highest BCUT2D eigenvalue weighted by atomic mass is 16.1. The van der Waals surface area contributed by atoms with Gasteiger partial charge in [0.25, 0.3) is 0 Å². The van der Waals surface area contributed by atoms with Gasteiger partial charge in [0.15, 0.2) is 0 Å². The number of benzene rings is 1. The van der Waals surface area contributed by atoms with E-state index < -0.39 is 0 Å². The van der Waals surface area contributed by atoms with Crippen LogP contribution in [0.5, 0.6) is 0 Å². The third kappa shape index (κ3) is 3.59. The molecule has 1 aromatic carbocycles. The minimum Gasteiger partial charge on any atom is -0.361 e. The molecule has 6 heteroatoms. The Morgan fingerprint density at radius 2 is 1.92 bits per heavy atom. The number of amides is 1. The first-order valence-electron chi connectivity index (χ1n) is 8.85. The number of aromatic nitrogens is 3. The molecule has 3 heterocycles. The van der Waals surface area contributed by atoms with Crippen molar-refractivity contribution in [3.05, 3.63) is 61.2 Å². The van der Waals surface area contributed by atoms with Crippen molar-refractivity contribution < 1.29 is 4.79 Å². The number of carbonyl (C=O) groups excluding carboxylic acids is 1. The third-order valence-corrected chi connectivity index (χ3v) is 4.80. The molecule has 1 amide bonds. The molecule has 0 unspecified atom stereocenters. The predicted molar refractivity (Wildman–Crippen MR) is 102 cm³/mol. The number of aromatic amines is 1. The summed E-state index contributed by atoms with van der Waals surface area (Å²) >= 11 is 0. The average molecular weight is 347 g/mol. The number of anilines is 2. The standard InChI is InChI=1S/C20H21N5O/c26-20(16-7-12-25(13-8-16)19-14-21-10-11-23-19)24-17-5-3-15(4-6-17)18-2-1-9-22-18/h1-6,9-11,14,16,22H,7-8,12-13H2,(H,24,26). The second kappa shape index (κ2) is 7.39. The maximum absolute atomic E-state index is 12.6. The number of nitrogens with one attached hydrogen (secondary N) is 2. The molecule has 1 fully saturated rings. The molecule has 0 aliphatic carbocycles. The van der Waals surface area contributed by atoms with E-state index in [4.69, 9.17) is 0 Å². The number of carbonyl (C=O) groups is 1. The highest BCUT2D eigenvalue weighted by Crippen LogP contribution is 2.24. The Balaban J connectivity index is 1.33. The molecule has 0 saturated carbocycles. The number of nitrogens with zero attached hydrogens (tertiary/aromatic N) is 3. The minimum atomic E-state index is 0.0333. The van der Waals surface area contributed by atoms with Gasteiger partial charge in [0.1, 0.15) is 5.82 Å². The Kier molecular flexibility index (Phi) is 4.64. The molecule has 4 rings (SSSR count). The molecule has 2 aromatic heterocycles. The van der Waals surface area contributed by atoms with Crippen molar-refractivity contribution in [2.24, 2.45) is 5.92 Å². The molecular weight excluding hydrogens is 326 g/mol. The fraction of sp³-hybridized carbons (Fsp3) is 0.250. The van der Waals surface area contributed by atoms with E-state index in [1.165, 1.54) is 0 Å². The summed E-state index contributed by atoms with van der Waals surface area (Å²) in [7, 11) is 0. The predicted octanol–water partition coefficient (Wildman–Crippen LogP) is 3.33. The van der Waals surface area contributed by atoms with Crippen LogP contribution in [0.3, 0.4) is 0 Å². The van der Waals surface area contributed by atoms with E-state index in [9.17, 15) is 4.79 Å². The third-order valence-electron chi connectivity index (χ3n) is 4.80. The normalized spacial score (nSPS) is 15.0. The molecule has 3 aromatic rings. The zero-order valence-corrected chi connectivity index (χ0v) is 14.4. The van der Waals surface area contributed by atoms with Gasteiger partial charge in [0, 0.05) is 49.0 Å². The van der Waals surface area contributed by atoms with E-state index in [1.54, 1.807) is 18.6 Å². The molecule has 1 aliphatic heterocycles. The Labute approximate surface area is 152 Å². The van der Waals surface area contributed by atoms with Crippen LogP contribution in [-0.4, -0.2) is 33.9 Å². The largest absolute Gasteiger partial charge is 0.361 e. The second-order valence-electron chi connectivity index (χ2n) is 6.48. The number of piperidine rings is 1. The maximum Gasteiger partial charge on any atom is 0.227 e. The van der Waals surface area contributed by atoms with Crippen molar-refractivity contribution >= 4 is 17.4 Å². The summed E-state index contributed by atoms with van der Waals surface area (Å²) in [5, 5.41) is 3.04. The molecule has 0 spiro atoms. The number of rotatable bonds is 4. The van der Waals surface area contributed by atoms with E-state index >= 15 is 0 Å². The number of hydrogen-bond acceptors (Lipinski definition) is 4. The highest BCUT2D eigenvalue weighted by Gasteiger charge is 2.25. The van der Waals surface area contributed by atoms with Crippen molar-refractivity contribution in [2.45, 2.75) is 12.8 Å². The molecule has 0 atom stereocenters. The van der Waals surface area contributed by atoms with Gasteiger partial charge in [-0.2, -0.15) is 0 Å². The van der Waals surface area contributed by atoms with Gasteiger partial charge in [0.2, 0.25) is 5.91 Å². The lowest BCUT2D eigenvalue weighted by Crippen LogP contribution is -2.38. The van der Waals surface area contributed by atoms with Gasteiger partial charge < -0.3 is 15.2 Å². The van der Waals surface area contributed by atoms with Crippen molar-refractivity contribution in [3.63, 3.8) is 0 Å². The summed E-state index contributed by atoms with van der Waals surface area (Å²) in [4.78, 5) is 26.4. The van der Waals surface area contributed by atoms with Gasteiger partial charge in [-0.3, -0.25) is 9.78 Å². The Morgan fingerprint density at radius 1 is 1.12 bits per heavy atom. The molecule has 26 heavy (non-hydrogen) atoms. The molecule has 0 bridgehead atoms. The van der Waals surface area contributed by atoms with Crippen molar-refractivity contribution in [2.75, 3.05) is 23.3 Å². The van der Waals surface area contributed by atoms with Crippen molar-refractivity contribution in [1.29, 1.82) is 0 Å². The first-order valence-corrected chi connectivity index (χ1v) is 8.85. The summed E-state index contributed by atoms with van der Waals surface area (Å²) in [6, 6.07) is 11.9. The van der Waals surface area contributed by atoms with Crippen LogP contribution in [-0.2, 0) is 4.79 Å². The van der Waals surface area contributed by atoms with Gasteiger partial charge in [-0.25, -0.2) is 4.98 Å². The Hall–Kier alpha value is -3.15. The Morgan fingerprint density at radius 3 is 2.58 bits per heavy atom. The molecule has 1 aliphatic rings. The molecule has 6 nitrogen and oxygen atoms in total. The van der Waals surface area contributed by atoms with Gasteiger partial charge in [0.05, 0.1) is 6.20 Å². The lowest BCUT2D eigenvalue weighted by atomic mass is 9.96. The molecular formula is C20H21N5O. The lowest BCUT2D eigenvalue weighted by Gasteiger charge is -2.31. The SMILES string of the molecule is O=C(Nc1ccc(-c2ccc[nH]2)cc1)C1CCN(c2cnccn2)CC1. The van der Waals surface area contributed by atoms with Gasteiger partial charge in [-0.15, -0.1) is 0 Å². The van der Waals surface area contributed by atoms with Crippen LogP contribution in [0, 0.1) is 5.92 Å². The summed E-state index contributed by atoms with van der Waals surface area (Å²) in [5.41, 5.74) is 3.01. The van der Waals surface area contributed by atoms with Crippen LogP contribution < -0.4 is 10.2 Å². The van der Waals surface area contributed by atoms with E-state index in [1.807, 2.05) is 42.6 Å². The van der Waals surface area contributed by atoms with E-state index in [0.717, 1.165) is 48.7 Å². The van der Waals surface area contributed by atoms with Gasteiger partial charge in [-0.1, -0.05) is 12.1 Å². The Bertz CT molecular complexity index is 838. The molecule has 132 valence electrons. The van der Waals surface area contributed by atoms with Crippen LogP contribution in [0.15, 0.2) is 61.2 Å². The van der Waals surface area contributed by atoms with E-state index in [0.29, 0.717) is 0 Å². The minimum absolute atomic E-state index is 0.0333. The van der Waals surface area contributed by atoms with Crippen LogP contribution in [0.2, 0.25) is 0 Å². The summed E-state index contributed by atoms with van der Waals surface area (Å²) < 4.78 is 0. The lowest BCUT2D eigenvalue weighted by molar-refractivity contribution is -0.120. The van der Waals surface area contributed by atoms with Crippen LogP contribution >= 0.6 is 0 Å².